The number of carbonyl (C=O) groups is 3. The van der Waals surface area contributed by atoms with E-state index in [1.165, 1.54) is 21.9 Å². The topological polar surface area (TPSA) is 94.6 Å². The minimum absolute atomic E-state index is 0.133. The summed E-state index contributed by atoms with van der Waals surface area (Å²) in [5, 5.41) is 5.76. The van der Waals surface area contributed by atoms with Crippen molar-refractivity contribution in [1.29, 1.82) is 0 Å². The lowest BCUT2D eigenvalue weighted by Gasteiger charge is -2.35. The van der Waals surface area contributed by atoms with Gasteiger partial charge in [0.1, 0.15) is 11.4 Å². The van der Waals surface area contributed by atoms with Crippen LogP contribution in [0.2, 0.25) is 0 Å². The zero-order valence-electron chi connectivity index (χ0n) is 19.5. The van der Waals surface area contributed by atoms with Gasteiger partial charge in [-0.25, -0.2) is 9.18 Å². The van der Waals surface area contributed by atoms with E-state index in [0.717, 1.165) is 5.69 Å². The maximum atomic E-state index is 13.6. The van der Waals surface area contributed by atoms with Gasteiger partial charge in [0.2, 0.25) is 5.91 Å². The Bertz CT molecular complexity index is 1130. The normalized spacial score (nSPS) is 18.2. The average Bonchev–Trinajstić information content (AvgIpc) is 3.17. The summed E-state index contributed by atoms with van der Waals surface area (Å²) in [6.07, 6.45) is 2.27. The van der Waals surface area contributed by atoms with Crippen molar-refractivity contribution >= 4 is 17.8 Å². The predicted molar refractivity (Wildman–Crippen MR) is 124 cm³/mol. The van der Waals surface area contributed by atoms with Crippen molar-refractivity contribution in [2.75, 3.05) is 19.6 Å². The Kier molecular flexibility index (Phi) is 6.37. The molecule has 1 aromatic carbocycles. The maximum Gasteiger partial charge on any atom is 0.322 e. The van der Waals surface area contributed by atoms with Gasteiger partial charge in [0, 0.05) is 31.4 Å². The van der Waals surface area contributed by atoms with Crippen LogP contribution in [-0.4, -0.2) is 57.8 Å². The van der Waals surface area contributed by atoms with Crippen LogP contribution in [0.5, 0.6) is 0 Å². The van der Waals surface area contributed by atoms with Crippen molar-refractivity contribution in [1.82, 2.24) is 25.4 Å². The number of urea groups is 1. The number of hydrogen-bond acceptors (Lipinski definition) is 4. The highest BCUT2D eigenvalue weighted by molar-refractivity contribution is 6.04. The first-order valence-electron chi connectivity index (χ1n) is 11.3. The predicted octanol–water partition coefficient (Wildman–Crippen LogP) is 2.54. The summed E-state index contributed by atoms with van der Waals surface area (Å²) >= 11 is 0. The number of carbonyl (C=O) groups excluding carboxylic acids is 3. The second-order valence-electron chi connectivity index (χ2n) is 8.82. The van der Waals surface area contributed by atoms with Crippen molar-refractivity contribution in [2.45, 2.75) is 38.8 Å². The summed E-state index contributed by atoms with van der Waals surface area (Å²) in [6.45, 7) is 6.10. The summed E-state index contributed by atoms with van der Waals surface area (Å²) in [5.41, 5.74) is 1.28. The van der Waals surface area contributed by atoms with E-state index in [1.807, 2.05) is 25.1 Å². The van der Waals surface area contributed by atoms with Gasteiger partial charge in [-0.1, -0.05) is 18.2 Å². The molecule has 34 heavy (non-hydrogen) atoms. The monoisotopic (exact) mass is 465 g/mol. The Morgan fingerprint density at radius 2 is 1.94 bits per heavy atom. The lowest BCUT2D eigenvalue weighted by atomic mass is 9.95. The highest BCUT2D eigenvalue weighted by Gasteiger charge is 2.49. The van der Waals surface area contributed by atoms with E-state index in [2.05, 4.69) is 15.6 Å². The largest absolute Gasteiger partial charge is 0.354 e. The van der Waals surface area contributed by atoms with Gasteiger partial charge in [0.15, 0.2) is 0 Å². The van der Waals surface area contributed by atoms with E-state index in [0.29, 0.717) is 36.3 Å². The molecular weight excluding hydrogens is 437 g/mol. The Labute approximate surface area is 197 Å². The van der Waals surface area contributed by atoms with Crippen molar-refractivity contribution in [2.24, 2.45) is 0 Å². The molecule has 1 atom stereocenters. The van der Waals surface area contributed by atoms with Crippen LogP contribution in [0.15, 0.2) is 59.9 Å². The lowest BCUT2D eigenvalue weighted by Crippen LogP contribution is -2.56. The second kappa shape index (κ2) is 9.24. The van der Waals surface area contributed by atoms with E-state index < -0.39 is 17.4 Å². The molecule has 0 radical (unpaired) electrons. The fourth-order valence-electron chi connectivity index (χ4n) is 4.37. The smallest absolute Gasteiger partial charge is 0.322 e. The van der Waals surface area contributed by atoms with E-state index in [-0.39, 0.29) is 24.4 Å². The Balaban J connectivity index is 1.55. The van der Waals surface area contributed by atoms with E-state index >= 15 is 0 Å². The number of pyridine rings is 1. The van der Waals surface area contributed by atoms with Crippen LogP contribution in [0.3, 0.4) is 0 Å². The number of likely N-dealkylation sites (N-methyl/N-ethyl adjacent to an activating group) is 1. The van der Waals surface area contributed by atoms with E-state index in [1.54, 1.807) is 32.2 Å². The van der Waals surface area contributed by atoms with Gasteiger partial charge in [-0.2, -0.15) is 0 Å². The number of aromatic nitrogens is 1. The zero-order valence-corrected chi connectivity index (χ0v) is 19.5. The van der Waals surface area contributed by atoms with Crippen LogP contribution in [0.4, 0.5) is 9.18 Å². The van der Waals surface area contributed by atoms with Crippen LogP contribution in [0, 0.1) is 5.82 Å². The number of benzene rings is 1. The number of hydrogen-bond donors (Lipinski definition) is 2. The molecule has 2 aromatic rings. The third-order valence-electron chi connectivity index (χ3n) is 6.36. The van der Waals surface area contributed by atoms with Crippen molar-refractivity contribution in [3.63, 3.8) is 0 Å². The molecule has 0 saturated heterocycles. The van der Waals surface area contributed by atoms with Crippen molar-refractivity contribution < 1.29 is 18.8 Å². The quantitative estimate of drug-likeness (QED) is 0.657. The molecule has 3 heterocycles. The molecule has 178 valence electrons. The molecule has 0 saturated carbocycles. The first-order valence-corrected chi connectivity index (χ1v) is 11.3. The summed E-state index contributed by atoms with van der Waals surface area (Å²) in [5.74, 6) is -1.02. The van der Waals surface area contributed by atoms with Gasteiger partial charge in [-0.15, -0.1) is 0 Å². The molecule has 1 aromatic heterocycles. The van der Waals surface area contributed by atoms with Gasteiger partial charge in [-0.05, 0) is 50.6 Å². The summed E-state index contributed by atoms with van der Waals surface area (Å²) in [4.78, 5) is 46.8. The van der Waals surface area contributed by atoms with Crippen LogP contribution in [-0.2, 0) is 16.0 Å². The molecule has 8 nitrogen and oxygen atoms in total. The van der Waals surface area contributed by atoms with Gasteiger partial charge in [0.05, 0.1) is 23.9 Å². The van der Waals surface area contributed by atoms with Gasteiger partial charge in [-0.3, -0.25) is 19.5 Å². The minimum atomic E-state index is -1.16. The van der Waals surface area contributed by atoms with Crippen LogP contribution >= 0.6 is 0 Å². The SMILES string of the molecule is CCN1C(=O)NC(c2ccc(F)cc2)C2=C1CN(C(C)(C)C(=O)NCCc1ccccn1)C2=O. The third-order valence-corrected chi connectivity index (χ3v) is 6.36. The molecule has 2 aliphatic rings. The number of amides is 4. The van der Waals surface area contributed by atoms with Crippen LogP contribution < -0.4 is 10.6 Å². The fourth-order valence-corrected chi connectivity index (χ4v) is 4.37. The first-order chi connectivity index (χ1) is 16.2. The number of nitrogens with one attached hydrogen (secondary N) is 2. The summed E-state index contributed by atoms with van der Waals surface area (Å²) < 4.78 is 13.5. The molecule has 2 aliphatic heterocycles. The summed E-state index contributed by atoms with van der Waals surface area (Å²) in [7, 11) is 0. The number of rotatable bonds is 7. The second-order valence-corrected chi connectivity index (χ2v) is 8.82. The highest BCUT2D eigenvalue weighted by Crippen LogP contribution is 2.38. The summed E-state index contributed by atoms with van der Waals surface area (Å²) in [6, 6.07) is 10.3. The molecule has 0 bridgehead atoms. The van der Waals surface area contributed by atoms with Gasteiger partial charge in [0.25, 0.3) is 5.91 Å². The molecule has 0 aliphatic carbocycles. The van der Waals surface area contributed by atoms with Crippen molar-refractivity contribution in [3.05, 3.63) is 77.0 Å². The zero-order chi connectivity index (χ0) is 24.5. The number of halogens is 1. The lowest BCUT2D eigenvalue weighted by molar-refractivity contribution is -0.141. The third kappa shape index (κ3) is 4.25. The number of nitrogens with zero attached hydrogens (tertiary/aromatic N) is 3. The van der Waals surface area contributed by atoms with E-state index in [4.69, 9.17) is 0 Å². The fraction of sp³-hybridized carbons (Fsp3) is 0.360. The molecule has 4 amide bonds. The van der Waals surface area contributed by atoms with Gasteiger partial charge >= 0.3 is 6.03 Å². The molecular formula is C25H28FN5O3. The molecule has 4 rings (SSSR count). The first kappa shape index (κ1) is 23.4. The average molecular weight is 466 g/mol. The molecule has 0 spiro atoms. The maximum absolute atomic E-state index is 13.6. The van der Waals surface area contributed by atoms with Crippen LogP contribution in [0.1, 0.15) is 38.1 Å². The molecule has 2 N–H and O–H groups in total. The standard InChI is InChI=1S/C25H28FN5O3/c1-4-30-19-15-31(25(2,3)23(33)28-14-12-18-7-5-6-13-27-18)22(32)20(19)21(29-24(30)34)16-8-10-17(26)11-9-16/h5-11,13,21H,4,12,14-15H2,1-3H3,(H,28,33)(H,29,34). The minimum Gasteiger partial charge on any atom is -0.354 e. The Morgan fingerprint density at radius 1 is 1.21 bits per heavy atom. The highest BCUT2D eigenvalue weighted by atomic mass is 19.1. The Morgan fingerprint density at radius 3 is 2.59 bits per heavy atom. The molecule has 1 unspecified atom stereocenters. The molecule has 9 heteroatoms. The van der Waals surface area contributed by atoms with Gasteiger partial charge < -0.3 is 15.5 Å². The molecule has 0 fully saturated rings. The Hall–Kier alpha value is -3.75. The van der Waals surface area contributed by atoms with Crippen molar-refractivity contribution in [3.8, 4) is 0 Å². The van der Waals surface area contributed by atoms with E-state index in [9.17, 15) is 18.8 Å². The van der Waals surface area contributed by atoms with Crippen LogP contribution in [0.25, 0.3) is 0 Å².